The number of halogens is 2. The average Bonchev–Trinajstić information content (AvgIpc) is 2.62. The van der Waals surface area contributed by atoms with Gasteiger partial charge in [-0.3, -0.25) is 4.99 Å². The molecule has 2 rings (SSSR count). The Morgan fingerprint density at radius 1 is 1.08 bits per heavy atom. The number of ether oxygens (including phenoxy) is 1. The van der Waals surface area contributed by atoms with E-state index in [0.717, 1.165) is 24.9 Å². The maximum Gasteiger partial charge on any atom is 0.191 e. The third-order valence-corrected chi connectivity index (χ3v) is 3.68. The Morgan fingerprint density at radius 2 is 1.84 bits per heavy atom. The minimum Gasteiger partial charge on any atom is -0.494 e. The fraction of sp³-hybridized carbons (Fsp3) is 0.316. The van der Waals surface area contributed by atoms with Gasteiger partial charge in [-0.1, -0.05) is 36.4 Å². The summed E-state index contributed by atoms with van der Waals surface area (Å²) in [5, 5.41) is 6.45. The van der Waals surface area contributed by atoms with Crippen LogP contribution >= 0.6 is 24.0 Å². The first-order chi connectivity index (χ1) is 11.7. The Balaban J connectivity index is 0.00000312. The molecular formula is C19H25FIN3O. The van der Waals surface area contributed by atoms with Crippen LogP contribution in [0.15, 0.2) is 53.5 Å². The third-order valence-electron chi connectivity index (χ3n) is 3.68. The van der Waals surface area contributed by atoms with Gasteiger partial charge < -0.3 is 15.4 Å². The van der Waals surface area contributed by atoms with Crippen molar-refractivity contribution in [2.24, 2.45) is 4.99 Å². The topological polar surface area (TPSA) is 45.7 Å². The van der Waals surface area contributed by atoms with Crippen LogP contribution in [0.4, 0.5) is 4.39 Å². The SMILES string of the molecule is CN=C(NCCCc1ccccc1)NCc1ccc(OC)c(F)c1.I. The number of hydrogen-bond donors (Lipinski definition) is 2. The average molecular weight is 457 g/mol. The number of nitrogens with one attached hydrogen (secondary N) is 2. The summed E-state index contributed by atoms with van der Waals surface area (Å²) < 4.78 is 18.6. The zero-order chi connectivity index (χ0) is 17.2. The zero-order valence-corrected chi connectivity index (χ0v) is 16.9. The van der Waals surface area contributed by atoms with Crippen molar-refractivity contribution in [1.82, 2.24) is 10.6 Å². The Hall–Kier alpha value is -1.83. The molecule has 0 fully saturated rings. The second-order valence-corrected chi connectivity index (χ2v) is 5.41. The summed E-state index contributed by atoms with van der Waals surface area (Å²) in [5.74, 6) is 0.601. The largest absolute Gasteiger partial charge is 0.494 e. The van der Waals surface area contributed by atoms with Gasteiger partial charge in [0.2, 0.25) is 0 Å². The first kappa shape index (κ1) is 21.2. The van der Waals surface area contributed by atoms with Crippen molar-refractivity contribution in [2.75, 3.05) is 20.7 Å². The molecule has 0 aliphatic heterocycles. The van der Waals surface area contributed by atoms with E-state index in [-0.39, 0.29) is 35.5 Å². The molecule has 6 heteroatoms. The number of aryl methyl sites for hydroxylation is 1. The molecule has 2 aromatic rings. The lowest BCUT2D eigenvalue weighted by Gasteiger charge is -2.12. The molecular weight excluding hydrogens is 432 g/mol. The Bertz CT molecular complexity index is 665. The van der Waals surface area contributed by atoms with Crippen LogP contribution in [-0.2, 0) is 13.0 Å². The third kappa shape index (κ3) is 7.29. The predicted octanol–water partition coefficient (Wildman–Crippen LogP) is 3.75. The van der Waals surface area contributed by atoms with Crippen molar-refractivity contribution >= 4 is 29.9 Å². The molecule has 0 atom stereocenters. The van der Waals surface area contributed by atoms with E-state index in [1.54, 1.807) is 13.1 Å². The van der Waals surface area contributed by atoms with Crippen LogP contribution in [0.3, 0.4) is 0 Å². The van der Waals surface area contributed by atoms with Gasteiger partial charge in [0.25, 0.3) is 0 Å². The zero-order valence-electron chi connectivity index (χ0n) is 14.6. The summed E-state index contributed by atoms with van der Waals surface area (Å²) in [6, 6.07) is 15.3. The highest BCUT2D eigenvalue weighted by Crippen LogP contribution is 2.17. The highest BCUT2D eigenvalue weighted by atomic mass is 127. The summed E-state index contributed by atoms with van der Waals surface area (Å²) in [4.78, 5) is 4.18. The molecule has 0 aromatic heterocycles. The van der Waals surface area contributed by atoms with E-state index in [2.05, 4.69) is 39.9 Å². The van der Waals surface area contributed by atoms with Crippen LogP contribution < -0.4 is 15.4 Å². The molecule has 0 unspecified atom stereocenters. The standard InChI is InChI=1S/C19H24FN3O.HI/c1-21-19(22-12-6-9-15-7-4-3-5-8-15)23-14-16-10-11-18(24-2)17(20)13-16;/h3-5,7-8,10-11,13H,6,9,12,14H2,1-2H3,(H2,21,22,23);1H. The van der Waals surface area contributed by atoms with Gasteiger partial charge in [-0.15, -0.1) is 24.0 Å². The van der Waals surface area contributed by atoms with Crippen molar-refractivity contribution in [1.29, 1.82) is 0 Å². The van der Waals surface area contributed by atoms with Crippen molar-refractivity contribution < 1.29 is 9.13 Å². The van der Waals surface area contributed by atoms with Gasteiger partial charge in [0, 0.05) is 20.1 Å². The molecule has 2 aromatic carbocycles. The molecule has 0 saturated heterocycles. The van der Waals surface area contributed by atoms with E-state index in [4.69, 9.17) is 4.74 Å². The van der Waals surface area contributed by atoms with E-state index in [0.29, 0.717) is 12.5 Å². The maximum atomic E-state index is 13.7. The highest BCUT2D eigenvalue weighted by molar-refractivity contribution is 14.0. The van der Waals surface area contributed by atoms with Gasteiger partial charge in [0.15, 0.2) is 17.5 Å². The van der Waals surface area contributed by atoms with E-state index < -0.39 is 0 Å². The molecule has 136 valence electrons. The lowest BCUT2D eigenvalue weighted by molar-refractivity contribution is 0.386. The van der Waals surface area contributed by atoms with E-state index in [1.807, 2.05) is 12.1 Å². The quantitative estimate of drug-likeness (QED) is 0.288. The fourth-order valence-electron chi connectivity index (χ4n) is 2.37. The molecule has 0 heterocycles. The summed E-state index contributed by atoms with van der Waals surface area (Å²) in [6.07, 6.45) is 2.04. The smallest absolute Gasteiger partial charge is 0.191 e. The van der Waals surface area contributed by atoms with Gasteiger partial charge in [-0.25, -0.2) is 4.39 Å². The van der Waals surface area contributed by atoms with Crippen molar-refractivity contribution in [2.45, 2.75) is 19.4 Å². The summed E-state index contributed by atoms with van der Waals surface area (Å²) in [7, 11) is 3.18. The van der Waals surface area contributed by atoms with Gasteiger partial charge in [0.1, 0.15) is 0 Å². The summed E-state index contributed by atoms with van der Waals surface area (Å²) in [6.45, 7) is 1.32. The summed E-state index contributed by atoms with van der Waals surface area (Å²) in [5.41, 5.74) is 2.16. The number of nitrogens with zero attached hydrogens (tertiary/aromatic N) is 1. The van der Waals surface area contributed by atoms with Crippen LogP contribution in [0.25, 0.3) is 0 Å². The van der Waals surface area contributed by atoms with Crippen LogP contribution in [0.1, 0.15) is 17.5 Å². The van der Waals surface area contributed by atoms with Crippen LogP contribution in [0.5, 0.6) is 5.75 Å². The van der Waals surface area contributed by atoms with E-state index in [1.165, 1.54) is 18.7 Å². The lowest BCUT2D eigenvalue weighted by Crippen LogP contribution is -2.37. The predicted molar refractivity (Wildman–Crippen MR) is 111 cm³/mol. The van der Waals surface area contributed by atoms with Crippen molar-refractivity contribution in [3.05, 3.63) is 65.5 Å². The molecule has 0 saturated carbocycles. The Labute approximate surface area is 165 Å². The molecule has 0 bridgehead atoms. The maximum absolute atomic E-state index is 13.7. The number of rotatable bonds is 7. The van der Waals surface area contributed by atoms with Gasteiger partial charge >= 0.3 is 0 Å². The number of aliphatic imine (C=N–C) groups is 1. The molecule has 0 amide bonds. The van der Waals surface area contributed by atoms with Crippen LogP contribution in [-0.4, -0.2) is 26.7 Å². The molecule has 0 spiro atoms. The number of benzene rings is 2. The second kappa shape index (κ2) is 11.7. The normalized spacial score (nSPS) is 10.8. The van der Waals surface area contributed by atoms with Crippen molar-refractivity contribution in [3.8, 4) is 5.75 Å². The minimum atomic E-state index is -0.359. The Morgan fingerprint density at radius 3 is 2.48 bits per heavy atom. The molecule has 25 heavy (non-hydrogen) atoms. The lowest BCUT2D eigenvalue weighted by atomic mass is 10.1. The van der Waals surface area contributed by atoms with E-state index in [9.17, 15) is 4.39 Å². The first-order valence-electron chi connectivity index (χ1n) is 8.04. The molecule has 2 N–H and O–H groups in total. The fourth-order valence-corrected chi connectivity index (χ4v) is 2.37. The number of guanidine groups is 1. The van der Waals surface area contributed by atoms with Gasteiger partial charge in [0.05, 0.1) is 7.11 Å². The molecule has 0 aliphatic rings. The van der Waals surface area contributed by atoms with Gasteiger partial charge in [-0.2, -0.15) is 0 Å². The van der Waals surface area contributed by atoms with Crippen molar-refractivity contribution in [3.63, 3.8) is 0 Å². The molecule has 0 aliphatic carbocycles. The van der Waals surface area contributed by atoms with E-state index >= 15 is 0 Å². The van der Waals surface area contributed by atoms with Crippen LogP contribution in [0.2, 0.25) is 0 Å². The first-order valence-corrected chi connectivity index (χ1v) is 8.04. The highest BCUT2D eigenvalue weighted by Gasteiger charge is 2.04. The molecule has 4 nitrogen and oxygen atoms in total. The molecule has 0 radical (unpaired) electrons. The number of methoxy groups -OCH3 is 1. The monoisotopic (exact) mass is 457 g/mol. The van der Waals surface area contributed by atoms with Gasteiger partial charge in [-0.05, 0) is 36.1 Å². The second-order valence-electron chi connectivity index (χ2n) is 5.41. The minimum absolute atomic E-state index is 0. The Kier molecular flexibility index (Phi) is 9.91. The van der Waals surface area contributed by atoms with Crippen LogP contribution in [0, 0.1) is 5.82 Å². The number of hydrogen-bond acceptors (Lipinski definition) is 2. The summed E-state index contributed by atoms with van der Waals surface area (Å²) >= 11 is 0.